The number of rotatable bonds is 3. The third-order valence-corrected chi connectivity index (χ3v) is 4.54. The van der Waals surface area contributed by atoms with E-state index < -0.39 is 0 Å². The van der Waals surface area contributed by atoms with Crippen molar-refractivity contribution in [3.63, 3.8) is 0 Å². The van der Waals surface area contributed by atoms with Gasteiger partial charge in [-0.25, -0.2) is 0 Å². The molecule has 2 unspecified atom stereocenters. The molecule has 0 saturated carbocycles. The summed E-state index contributed by atoms with van der Waals surface area (Å²) in [7, 11) is 0. The third-order valence-electron chi connectivity index (χ3n) is 3.17. The molecule has 18 heavy (non-hydrogen) atoms. The van der Waals surface area contributed by atoms with Gasteiger partial charge in [0, 0.05) is 40.8 Å². The van der Waals surface area contributed by atoms with Crippen LogP contribution in [-0.4, -0.2) is 30.1 Å². The van der Waals surface area contributed by atoms with E-state index in [1.165, 1.54) is 17.0 Å². The Morgan fingerprint density at radius 3 is 3.00 bits per heavy atom. The molecule has 1 aromatic carbocycles. The minimum atomic E-state index is 0.182. The first-order chi connectivity index (χ1) is 8.56. The molecule has 2 nitrogen and oxygen atoms in total. The molecule has 1 saturated heterocycles. The van der Waals surface area contributed by atoms with Crippen LogP contribution in [0.4, 0.5) is 5.69 Å². The van der Waals surface area contributed by atoms with Crippen LogP contribution in [0.3, 0.4) is 0 Å². The Kier molecular flexibility index (Phi) is 4.82. The monoisotopic (exact) mass is 284 g/mol. The number of nitrogens with zero attached hydrogens (tertiary/aromatic N) is 1. The standard InChI is InChI=1S/C14H21ClN2S/c1-10(16)7-12-3-4-13(15)8-14(12)17-5-6-18-11(2)9-17/h3-4,8,10-11H,5-7,9,16H2,1-2H3. The summed E-state index contributed by atoms with van der Waals surface area (Å²) in [6, 6.07) is 6.35. The second kappa shape index (κ2) is 6.18. The van der Waals surface area contributed by atoms with Crippen LogP contribution in [0.1, 0.15) is 19.4 Å². The molecular formula is C14H21ClN2S. The highest BCUT2D eigenvalue weighted by Crippen LogP contribution is 2.29. The Labute approximate surface area is 119 Å². The smallest absolute Gasteiger partial charge is 0.0426 e. The Balaban J connectivity index is 2.26. The first-order valence-electron chi connectivity index (χ1n) is 6.47. The van der Waals surface area contributed by atoms with Crippen LogP contribution in [0, 0.1) is 0 Å². The highest BCUT2D eigenvalue weighted by molar-refractivity contribution is 8.00. The van der Waals surface area contributed by atoms with Gasteiger partial charge < -0.3 is 10.6 Å². The van der Waals surface area contributed by atoms with E-state index in [0.717, 1.165) is 24.5 Å². The van der Waals surface area contributed by atoms with Crippen molar-refractivity contribution < 1.29 is 0 Å². The van der Waals surface area contributed by atoms with Crippen LogP contribution >= 0.6 is 23.4 Å². The number of hydrogen-bond donors (Lipinski definition) is 1. The zero-order chi connectivity index (χ0) is 13.1. The molecule has 0 aliphatic carbocycles. The van der Waals surface area contributed by atoms with Crippen molar-refractivity contribution in [2.75, 3.05) is 23.7 Å². The summed E-state index contributed by atoms with van der Waals surface area (Å²) in [5.41, 5.74) is 8.52. The van der Waals surface area contributed by atoms with E-state index in [0.29, 0.717) is 5.25 Å². The van der Waals surface area contributed by atoms with Gasteiger partial charge in [0.25, 0.3) is 0 Å². The Morgan fingerprint density at radius 1 is 1.56 bits per heavy atom. The maximum atomic E-state index is 6.15. The molecule has 1 aliphatic rings. The fraction of sp³-hybridized carbons (Fsp3) is 0.571. The Bertz CT molecular complexity index is 409. The first-order valence-corrected chi connectivity index (χ1v) is 7.89. The summed E-state index contributed by atoms with van der Waals surface area (Å²) in [4.78, 5) is 2.45. The number of benzene rings is 1. The van der Waals surface area contributed by atoms with Crippen molar-refractivity contribution in [1.29, 1.82) is 0 Å². The van der Waals surface area contributed by atoms with Crippen molar-refractivity contribution >= 4 is 29.1 Å². The van der Waals surface area contributed by atoms with Crippen LogP contribution in [-0.2, 0) is 6.42 Å². The van der Waals surface area contributed by atoms with Gasteiger partial charge in [-0.05, 0) is 31.0 Å². The van der Waals surface area contributed by atoms with Crippen LogP contribution in [0.2, 0.25) is 5.02 Å². The molecule has 1 aromatic rings. The first kappa shape index (κ1) is 14.0. The summed E-state index contributed by atoms with van der Waals surface area (Å²) in [6.45, 7) is 6.53. The van der Waals surface area contributed by atoms with Gasteiger partial charge in [-0.1, -0.05) is 24.6 Å². The van der Waals surface area contributed by atoms with E-state index in [1.54, 1.807) is 0 Å². The highest BCUT2D eigenvalue weighted by Gasteiger charge is 2.19. The average molecular weight is 285 g/mol. The van der Waals surface area contributed by atoms with Gasteiger partial charge in [-0.3, -0.25) is 0 Å². The summed E-state index contributed by atoms with van der Waals surface area (Å²) >= 11 is 8.19. The van der Waals surface area contributed by atoms with Gasteiger partial charge in [-0.15, -0.1) is 0 Å². The lowest BCUT2D eigenvalue weighted by atomic mass is 10.0. The van der Waals surface area contributed by atoms with Gasteiger partial charge in [0.05, 0.1) is 0 Å². The fourth-order valence-corrected chi connectivity index (χ4v) is 3.57. The maximum Gasteiger partial charge on any atom is 0.0426 e. The van der Waals surface area contributed by atoms with Gasteiger partial charge in [0.1, 0.15) is 0 Å². The minimum Gasteiger partial charge on any atom is -0.369 e. The SMILES string of the molecule is CC(N)Cc1ccc(Cl)cc1N1CCSC(C)C1. The number of halogens is 1. The van der Waals surface area contributed by atoms with E-state index in [4.69, 9.17) is 17.3 Å². The van der Waals surface area contributed by atoms with Crippen molar-refractivity contribution in [3.05, 3.63) is 28.8 Å². The molecule has 2 atom stereocenters. The number of nitrogens with two attached hydrogens (primary N) is 1. The molecule has 0 aromatic heterocycles. The minimum absolute atomic E-state index is 0.182. The van der Waals surface area contributed by atoms with Crippen LogP contribution in [0.25, 0.3) is 0 Å². The predicted molar refractivity (Wildman–Crippen MR) is 82.9 cm³/mol. The van der Waals surface area contributed by atoms with Crippen molar-refractivity contribution in [2.24, 2.45) is 5.73 Å². The van der Waals surface area contributed by atoms with E-state index in [1.807, 2.05) is 24.8 Å². The van der Waals surface area contributed by atoms with E-state index in [-0.39, 0.29) is 6.04 Å². The Morgan fingerprint density at radius 2 is 2.33 bits per heavy atom. The van der Waals surface area contributed by atoms with Crippen LogP contribution in [0.5, 0.6) is 0 Å². The molecule has 1 aliphatic heterocycles. The largest absolute Gasteiger partial charge is 0.369 e. The zero-order valence-corrected chi connectivity index (χ0v) is 12.6. The summed E-state index contributed by atoms with van der Waals surface area (Å²) in [5.74, 6) is 1.19. The van der Waals surface area contributed by atoms with Gasteiger partial charge in [0.2, 0.25) is 0 Å². The number of anilines is 1. The van der Waals surface area contributed by atoms with E-state index >= 15 is 0 Å². The van der Waals surface area contributed by atoms with Gasteiger partial charge in [-0.2, -0.15) is 11.8 Å². The van der Waals surface area contributed by atoms with Gasteiger partial charge >= 0.3 is 0 Å². The molecule has 100 valence electrons. The summed E-state index contributed by atoms with van der Waals surface area (Å²) in [5, 5.41) is 1.49. The second-order valence-electron chi connectivity index (χ2n) is 5.08. The quantitative estimate of drug-likeness (QED) is 0.924. The maximum absolute atomic E-state index is 6.15. The molecular weight excluding hydrogens is 264 g/mol. The molecule has 2 N–H and O–H groups in total. The molecule has 0 amide bonds. The third kappa shape index (κ3) is 3.56. The molecule has 0 spiro atoms. The number of thioether (sulfide) groups is 1. The lowest BCUT2D eigenvalue weighted by Gasteiger charge is -2.34. The van der Waals surface area contributed by atoms with E-state index in [2.05, 4.69) is 24.0 Å². The summed E-state index contributed by atoms with van der Waals surface area (Å²) < 4.78 is 0. The molecule has 1 fully saturated rings. The van der Waals surface area contributed by atoms with Crippen LogP contribution < -0.4 is 10.6 Å². The lowest BCUT2D eigenvalue weighted by molar-refractivity contribution is 0.724. The Hall–Kier alpha value is -0.380. The summed E-state index contributed by atoms with van der Waals surface area (Å²) in [6.07, 6.45) is 0.907. The van der Waals surface area contributed by atoms with Crippen molar-refractivity contribution in [3.8, 4) is 0 Å². The molecule has 0 bridgehead atoms. The highest BCUT2D eigenvalue weighted by atomic mass is 35.5. The van der Waals surface area contributed by atoms with E-state index in [9.17, 15) is 0 Å². The van der Waals surface area contributed by atoms with Crippen LogP contribution in [0.15, 0.2) is 18.2 Å². The molecule has 2 rings (SSSR count). The predicted octanol–water partition coefficient (Wildman–Crippen LogP) is 3.17. The van der Waals surface area contributed by atoms with Gasteiger partial charge in [0.15, 0.2) is 0 Å². The zero-order valence-electron chi connectivity index (χ0n) is 11.0. The van der Waals surface area contributed by atoms with Crippen molar-refractivity contribution in [2.45, 2.75) is 31.6 Å². The fourth-order valence-electron chi connectivity index (χ4n) is 2.39. The molecule has 1 heterocycles. The average Bonchev–Trinajstić information content (AvgIpc) is 2.31. The lowest BCUT2D eigenvalue weighted by Crippen LogP contribution is -2.37. The normalized spacial score (nSPS) is 22.0. The van der Waals surface area contributed by atoms with Crippen molar-refractivity contribution in [1.82, 2.24) is 0 Å². The molecule has 4 heteroatoms. The second-order valence-corrected chi connectivity index (χ2v) is 7.06. The number of hydrogen-bond acceptors (Lipinski definition) is 3. The topological polar surface area (TPSA) is 29.3 Å². The molecule has 0 radical (unpaired) electrons.